The van der Waals surface area contributed by atoms with Crippen LogP contribution < -0.4 is 5.73 Å². The average molecular weight is 260 g/mol. The first-order chi connectivity index (χ1) is 9.00. The molecule has 1 saturated carbocycles. The predicted molar refractivity (Wildman–Crippen MR) is 79.1 cm³/mol. The molecule has 104 valence electrons. The number of nitrogens with two attached hydrogens (primary N) is 1. The molecule has 0 heterocycles. The van der Waals surface area contributed by atoms with E-state index in [4.69, 9.17) is 5.73 Å². The van der Waals surface area contributed by atoms with Gasteiger partial charge in [-0.2, -0.15) is 0 Å². The first-order valence-electron chi connectivity index (χ1n) is 7.14. The molecule has 3 nitrogen and oxygen atoms in total. The molecule has 2 N–H and O–H groups in total. The Balaban J connectivity index is 2.15. The number of amides is 1. The largest absolute Gasteiger partial charge is 0.399 e. The summed E-state index contributed by atoms with van der Waals surface area (Å²) in [5.41, 5.74) is 8.26. The van der Waals surface area contributed by atoms with Crippen LogP contribution in [0.5, 0.6) is 0 Å². The molecule has 1 aromatic rings. The molecule has 1 fully saturated rings. The summed E-state index contributed by atoms with van der Waals surface area (Å²) in [6.45, 7) is 4.19. The molecule has 0 spiro atoms. The highest BCUT2D eigenvalue weighted by atomic mass is 16.2. The van der Waals surface area contributed by atoms with Crippen LogP contribution in [0.2, 0.25) is 0 Å². The van der Waals surface area contributed by atoms with Gasteiger partial charge in [-0.3, -0.25) is 4.79 Å². The summed E-state index contributed by atoms with van der Waals surface area (Å²) >= 11 is 0. The van der Waals surface area contributed by atoms with Crippen molar-refractivity contribution in [2.24, 2.45) is 5.92 Å². The highest BCUT2D eigenvalue weighted by Crippen LogP contribution is 2.28. The van der Waals surface area contributed by atoms with Crippen LogP contribution in [0.4, 0.5) is 5.69 Å². The van der Waals surface area contributed by atoms with E-state index < -0.39 is 0 Å². The Morgan fingerprint density at radius 1 is 1.32 bits per heavy atom. The van der Waals surface area contributed by atoms with Crippen molar-refractivity contribution in [2.75, 3.05) is 12.8 Å². The van der Waals surface area contributed by atoms with Crippen LogP contribution in [-0.4, -0.2) is 23.9 Å². The number of hydrogen-bond acceptors (Lipinski definition) is 2. The van der Waals surface area contributed by atoms with Crippen molar-refractivity contribution in [1.29, 1.82) is 0 Å². The fourth-order valence-electron chi connectivity index (χ4n) is 3.04. The number of nitrogen functional groups attached to an aromatic ring is 1. The second-order valence-electron chi connectivity index (χ2n) is 5.82. The normalized spacial score (nSPS) is 23.1. The number of aryl methyl sites for hydroxylation is 1. The van der Waals surface area contributed by atoms with Gasteiger partial charge in [-0.15, -0.1) is 0 Å². The summed E-state index contributed by atoms with van der Waals surface area (Å²) in [7, 11) is 1.93. The zero-order chi connectivity index (χ0) is 14.0. The topological polar surface area (TPSA) is 46.3 Å². The Kier molecular flexibility index (Phi) is 4.13. The molecule has 1 aromatic carbocycles. The first-order valence-corrected chi connectivity index (χ1v) is 7.14. The summed E-state index contributed by atoms with van der Waals surface area (Å²) in [5.74, 6) is 0.708. The van der Waals surface area contributed by atoms with Crippen molar-refractivity contribution in [1.82, 2.24) is 4.90 Å². The monoisotopic (exact) mass is 260 g/mol. The fourth-order valence-corrected chi connectivity index (χ4v) is 3.04. The summed E-state index contributed by atoms with van der Waals surface area (Å²) in [5, 5.41) is 0. The molecule has 2 unspecified atom stereocenters. The van der Waals surface area contributed by atoms with Gasteiger partial charge in [0, 0.05) is 24.3 Å². The highest BCUT2D eigenvalue weighted by Gasteiger charge is 2.28. The minimum atomic E-state index is 0.113. The Morgan fingerprint density at radius 2 is 2.00 bits per heavy atom. The van der Waals surface area contributed by atoms with E-state index in [1.54, 1.807) is 0 Å². The summed E-state index contributed by atoms with van der Waals surface area (Å²) in [6.07, 6.45) is 4.87. The molecular formula is C16H24N2O. The molecule has 1 aliphatic carbocycles. The zero-order valence-electron chi connectivity index (χ0n) is 12.1. The molecule has 3 heteroatoms. The average Bonchev–Trinajstić information content (AvgIpc) is 2.41. The smallest absolute Gasteiger partial charge is 0.253 e. The summed E-state index contributed by atoms with van der Waals surface area (Å²) in [6, 6.07) is 5.91. The molecule has 0 saturated heterocycles. The van der Waals surface area contributed by atoms with Crippen LogP contribution in [0.3, 0.4) is 0 Å². The predicted octanol–water partition coefficient (Wildman–Crippen LogP) is 3.23. The van der Waals surface area contributed by atoms with Crippen LogP contribution in [0, 0.1) is 12.8 Å². The lowest BCUT2D eigenvalue weighted by molar-refractivity contribution is 0.0629. The number of benzene rings is 1. The lowest BCUT2D eigenvalue weighted by Crippen LogP contribution is -2.42. The van der Waals surface area contributed by atoms with E-state index in [1.165, 1.54) is 19.3 Å². The van der Waals surface area contributed by atoms with Gasteiger partial charge in [0.2, 0.25) is 0 Å². The number of anilines is 1. The maximum Gasteiger partial charge on any atom is 0.253 e. The van der Waals surface area contributed by atoms with Gasteiger partial charge in [-0.25, -0.2) is 0 Å². The van der Waals surface area contributed by atoms with Crippen molar-refractivity contribution < 1.29 is 4.79 Å². The van der Waals surface area contributed by atoms with E-state index in [0.717, 1.165) is 23.2 Å². The summed E-state index contributed by atoms with van der Waals surface area (Å²) < 4.78 is 0. The zero-order valence-corrected chi connectivity index (χ0v) is 12.1. The van der Waals surface area contributed by atoms with Gasteiger partial charge in [0.1, 0.15) is 0 Å². The van der Waals surface area contributed by atoms with Crippen LogP contribution in [0.15, 0.2) is 18.2 Å². The Bertz CT molecular complexity index is 470. The van der Waals surface area contributed by atoms with Crippen molar-refractivity contribution in [3.05, 3.63) is 29.3 Å². The van der Waals surface area contributed by atoms with Crippen LogP contribution in [-0.2, 0) is 0 Å². The van der Waals surface area contributed by atoms with Crippen molar-refractivity contribution in [3.63, 3.8) is 0 Å². The quantitative estimate of drug-likeness (QED) is 0.830. The first kappa shape index (κ1) is 13.9. The minimum Gasteiger partial charge on any atom is -0.399 e. The highest BCUT2D eigenvalue weighted by molar-refractivity contribution is 5.95. The standard InChI is InChI=1S/C16H24N2O/c1-11-6-4-5-7-15(11)18(3)16(19)13-8-9-14(17)12(2)10-13/h8-11,15H,4-7,17H2,1-3H3. The molecule has 1 aliphatic rings. The van der Waals surface area contributed by atoms with E-state index >= 15 is 0 Å². The van der Waals surface area contributed by atoms with Crippen molar-refractivity contribution in [3.8, 4) is 0 Å². The van der Waals surface area contributed by atoms with E-state index in [0.29, 0.717) is 12.0 Å². The van der Waals surface area contributed by atoms with Gasteiger partial charge in [-0.05, 0) is 49.4 Å². The van der Waals surface area contributed by atoms with Gasteiger partial charge < -0.3 is 10.6 Å². The minimum absolute atomic E-state index is 0.113. The fraction of sp³-hybridized carbons (Fsp3) is 0.562. The van der Waals surface area contributed by atoms with Crippen molar-refractivity contribution >= 4 is 11.6 Å². The molecule has 1 amide bonds. The molecule has 0 aromatic heterocycles. The second-order valence-corrected chi connectivity index (χ2v) is 5.82. The van der Waals surface area contributed by atoms with E-state index in [2.05, 4.69) is 6.92 Å². The Hall–Kier alpha value is -1.51. The Morgan fingerprint density at radius 3 is 2.63 bits per heavy atom. The van der Waals surface area contributed by atoms with Crippen LogP contribution in [0.1, 0.15) is 48.5 Å². The van der Waals surface area contributed by atoms with Gasteiger partial charge in [0.15, 0.2) is 0 Å². The van der Waals surface area contributed by atoms with Gasteiger partial charge in [0.25, 0.3) is 5.91 Å². The molecule has 19 heavy (non-hydrogen) atoms. The number of hydrogen-bond donors (Lipinski definition) is 1. The third-order valence-corrected chi connectivity index (χ3v) is 4.40. The molecule has 2 atom stereocenters. The van der Waals surface area contributed by atoms with E-state index in [1.807, 2.05) is 37.1 Å². The lowest BCUT2D eigenvalue weighted by Gasteiger charge is -2.36. The number of rotatable bonds is 2. The third kappa shape index (κ3) is 2.91. The molecule has 0 aliphatic heterocycles. The molecule has 0 bridgehead atoms. The molecule has 2 rings (SSSR count). The van der Waals surface area contributed by atoms with E-state index in [9.17, 15) is 4.79 Å². The van der Waals surface area contributed by atoms with Gasteiger partial charge >= 0.3 is 0 Å². The number of carbonyl (C=O) groups is 1. The maximum atomic E-state index is 12.5. The van der Waals surface area contributed by atoms with Crippen molar-refractivity contribution in [2.45, 2.75) is 45.6 Å². The number of nitrogens with zero attached hydrogens (tertiary/aromatic N) is 1. The summed E-state index contributed by atoms with van der Waals surface area (Å²) in [4.78, 5) is 14.5. The van der Waals surface area contributed by atoms with E-state index in [-0.39, 0.29) is 5.91 Å². The van der Waals surface area contributed by atoms with Gasteiger partial charge in [-0.1, -0.05) is 19.8 Å². The van der Waals surface area contributed by atoms with Gasteiger partial charge in [0.05, 0.1) is 0 Å². The SMILES string of the molecule is Cc1cc(C(=O)N(C)C2CCCCC2C)ccc1N. The molecular weight excluding hydrogens is 236 g/mol. The number of carbonyl (C=O) groups excluding carboxylic acids is 1. The lowest BCUT2D eigenvalue weighted by atomic mass is 9.85. The second kappa shape index (κ2) is 5.64. The molecule has 0 radical (unpaired) electrons. The van der Waals surface area contributed by atoms with Crippen LogP contribution >= 0.6 is 0 Å². The third-order valence-electron chi connectivity index (χ3n) is 4.40. The van der Waals surface area contributed by atoms with Crippen LogP contribution in [0.25, 0.3) is 0 Å². The Labute approximate surface area is 115 Å². The maximum absolute atomic E-state index is 12.5.